The molecule has 0 aromatic carbocycles. The zero-order valence-corrected chi connectivity index (χ0v) is 27.0. The second-order valence-electron chi connectivity index (χ2n) is 12.9. The van der Waals surface area contributed by atoms with Crippen molar-refractivity contribution in [1.82, 2.24) is 0 Å². The maximum atomic E-state index is 3.26. The fraction of sp³-hybridized carbons (Fsp3) is 0.450. The molecule has 0 heteroatoms. The van der Waals surface area contributed by atoms with E-state index in [1.807, 2.05) is 12.2 Å². The zero-order chi connectivity index (χ0) is 29.8. The van der Waals surface area contributed by atoms with Gasteiger partial charge >= 0.3 is 0 Å². The highest BCUT2D eigenvalue weighted by atomic mass is 14.3. The topological polar surface area (TPSA) is 0 Å². The number of allylic oxidation sites excluding steroid dienone is 18. The van der Waals surface area contributed by atoms with Crippen LogP contribution < -0.4 is 0 Å². The van der Waals surface area contributed by atoms with Gasteiger partial charge in [-0.3, -0.25) is 0 Å². The molecule has 0 saturated heterocycles. The van der Waals surface area contributed by atoms with E-state index in [4.69, 9.17) is 0 Å². The van der Waals surface area contributed by atoms with Crippen LogP contribution in [-0.2, 0) is 0 Å². The maximum Gasteiger partial charge on any atom is 0.0309 e. The molecule has 0 aromatic heterocycles. The Kier molecular flexibility index (Phi) is 12.8. The molecular weight excluding hydrogens is 480 g/mol. The van der Waals surface area contributed by atoms with Crippen molar-refractivity contribution in [2.24, 2.45) is 10.8 Å². The summed E-state index contributed by atoms with van der Waals surface area (Å²) in [7, 11) is 0. The fourth-order valence-corrected chi connectivity index (χ4v) is 5.39. The lowest BCUT2D eigenvalue weighted by Crippen LogP contribution is -2.19. The molecule has 0 bridgehead atoms. The minimum Gasteiger partial charge on any atom is -0.0941 e. The van der Waals surface area contributed by atoms with Crippen LogP contribution in [0.1, 0.15) is 108 Å². The van der Waals surface area contributed by atoms with Crippen molar-refractivity contribution in [2.75, 3.05) is 0 Å². The van der Waals surface area contributed by atoms with E-state index in [1.165, 1.54) is 65.5 Å². The summed E-state index contributed by atoms with van der Waals surface area (Å²) < 4.78 is 0. The summed E-state index contributed by atoms with van der Waals surface area (Å²) in [6.45, 7) is 22.3. The lowest BCUT2D eigenvalue weighted by Gasteiger charge is -2.32. The van der Waals surface area contributed by atoms with Crippen LogP contribution in [0.2, 0.25) is 0 Å². The van der Waals surface area contributed by atoms with Crippen molar-refractivity contribution in [1.29, 1.82) is 0 Å². The molecule has 40 heavy (non-hydrogen) atoms. The Hall–Kier alpha value is -3.22. The van der Waals surface area contributed by atoms with E-state index in [9.17, 15) is 0 Å². The van der Waals surface area contributed by atoms with Crippen LogP contribution in [0.3, 0.4) is 0 Å². The van der Waals surface area contributed by atoms with E-state index in [0.717, 1.165) is 17.6 Å². The fourth-order valence-electron chi connectivity index (χ4n) is 5.39. The molecular formula is C40H52. The molecule has 2 rings (SSSR count). The average molecular weight is 533 g/mol. The Morgan fingerprint density at radius 1 is 0.875 bits per heavy atom. The van der Waals surface area contributed by atoms with Crippen LogP contribution in [0.5, 0.6) is 0 Å². The van der Waals surface area contributed by atoms with Crippen LogP contribution >= 0.6 is 0 Å². The molecule has 0 aliphatic heterocycles. The van der Waals surface area contributed by atoms with Crippen LogP contribution in [0.25, 0.3) is 0 Å². The minimum absolute atomic E-state index is 0.233. The van der Waals surface area contributed by atoms with E-state index in [1.54, 1.807) is 0 Å². The lowest BCUT2D eigenvalue weighted by molar-refractivity contribution is 0.377. The van der Waals surface area contributed by atoms with Gasteiger partial charge in [-0.1, -0.05) is 122 Å². The number of rotatable bonds is 6. The summed E-state index contributed by atoms with van der Waals surface area (Å²) in [6, 6.07) is 0. The van der Waals surface area contributed by atoms with Crippen molar-refractivity contribution in [2.45, 2.75) is 108 Å². The first-order valence-corrected chi connectivity index (χ1v) is 14.9. The predicted octanol–water partition coefficient (Wildman–Crippen LogP) is 11.5. The molecule has 212 valence electrons. The van der Waals surface area contributed by atoms with E-state index >= 15 is 0 Å². The summed E-state index contributed by atoms with van der Waals surface area (Å²) in [5.74, 6) is 12.9. The molecule has 2 aliphatic rings. The number of hydrogen-bond donors (Lipinski definition) is 0. The molecule has 0 heterocycles. The van der Waals surface area contributed by atoms with E-state index in [2.05, 4.69) is 142 Å². The van der Waals surface area contributed by atoms with Crippen LogP contribution in [-0.4, -0.2) is 0 Å². The quantitative estimate of drug-likeness (QED) is 0.236. The van der Waals surface area contributed by atoms with Gasteiger partial charge in [0.2, 0.25) is 0 Å². The standard InChI is InChI=1S/C40H52/c1-31(19-13-21-33(3)25-27-37-35(5)23-15-29-39(37,7)8)17-11-12-18-32(2)20-14-22-34(4)26-28-38-36(6)24-16-30-40(38,9)10/h13,17,19-21,24-28H,15-16,18,23,29-30H2,1-10H3/b19-13+,27-25+,31-17+,32-20+,33-21+,34-26+,38-28+. The molecule has 0 saturated carbocycles. The Morgan fingerprint density at radius 2 is 1.62 bits per heavy atom. The monoisotopic (exact) mass is 532 g/mol. The summed E-state index contributed by atoms with van der Waals surface area (Å²) in [5, 5.41) is 0. The van der Waals surface area contributed by atoms with Crippen LogP contribution in [0.4, 0.5) is 0 Å². The Labute approximate surface area is 247 Å². The Balaban J connectivity index is 1.90. The number of hydrogen-bond acceptors (Lipinski definition) is 0. The summed E-state index contributed by atoms with van der Waals surface area (Å²) in [5.41, 5.74) is 11.0. The SMILES string of the molecule is CC1=CCCC(C)(C)/C1=C/C=C(\C)C#C/C=C(\C)CC#C/C=C(C)/C=C/C=C(C)/C=C/C1=C(C)CCCC1(C)C. The van der Waals surface area contributed by atoms with Crippen molar-refractivity contribution < 1.29 is 0 Å². The minimum atomic E-state index is 0.233. The van der Waals surface area contributed by atoms with Crippen LogP contribution in [0.15, 0.2) is 105 Å². The molecule has 2 aliphatic carbocycles. The molecule has 0 amide bonds. The van der Waals surface area contributed by atoms with Gasteiger partial charge in [0.05, 0.1) is 0 Å². The van der Waals surface area contributed by atoms with E-state index in [-0.39, 0.29) is 10.8 Å². The average Bonchev–Trinajstić information content (AvgIpc) is 2.85. The van der Waals surface area contributed by atoms with Gasteiger partial charge in [0.1, 0.15) is 0 Å². The highest BCUT2D eigenvalue weighted by molar-refractivity contribution is 5.43. The zero-order valence-electron chi connectivity index (χ0n) is 27.0. The second kappa shape index (κ2) is 15.5. The highest BCUT2D eigenvalue weighted by Gasteiger charge is 2.27. The van der Waals surface area contributed by atoms with E-state index in [0.29, 0.717) is 0 Å². The third-order valence-electron chi connectivity index (χ3n) is 8.00. The van der Waals surface area contributed by atoms with Gasteiger partial charge in [0, 0.05) is 6.42 Å². The molecule has 0 nitrogen and oxygen atoms in total. The largest absolute Gasteiger partial charge is 0.0941 e. The van der Waals surface area contributed by atoms with E-state index < -0.39 is 0 Å². The van der Waals surface area contributed by atoms with Gasteiger partial charge in [-0.2, -0.15) is 0 Å². The summed E-state index contributed by atoms with van der Waals surface area (Å²) in [4.78, 5) is 0. The van der Waals surface area contributed by atoms with Gasteiger partial charge in [-0.05, 0) is 119 Å². The van der Waals surface area contributed by atoms with Crippen molar-refractivity contribution in [3.05, 3.63) is 105 Å². The van der Waals surface area contributed by atoms with Crippen molar-refractivity contribution >= 4 is 0 Å². The third kappa shape index (κ3) is 11.1. The molecule has 0 fully saturated rings. The molecule has 0 spiro atoms. The molecule has 0 aromatic rings. The predicted molar refractivity (Wildman–Crippen MR) is 179 cm³/mol. The maximum absolute atomic E-state index is 3.26. The van der Waals surface area contributed by atoms with Crippen molar-refractivity contribution in [3.8, 4) is 23.7 Å². The first-order chi connectivity index (χ1) is 18.8. The second-order valence-corrected chi connectivity index (χ2v) is 12.9. The first-order valence-electron chi connectivity index (χ1n) is 14.9. The summed E-state index contributed by atoms with van der Waals surface area (Å²) >= 11 is 0. The molecule has 0 radical (unpaired) electrons. The molecule has 0 N–H and O–H groups in total. The summed E-state index contributed by atoms with van der Waals surface area (Å²) in [6.07, 6.45) is 28.6. The lowest BCUT2D eigenvalue weighted by atomic mass is 9.72. The Morgan fingerprint density at radius 3 is 2.33 bits per heavy atom. The normalized spacial score (nSPS) is 21.4. The van der Waals surface area contributed by atoms with Gasteiger partial charge < -0.3 is 0 Å². The van der Waals surface area contributed by atoms with Gasteiger partial charge in [0.25, 0.3) is 0 Å². The third-order valence-corrected chi connectivity index (χ3v) is 8.00. The van der Waals surface area contributed by atoms with Crippen LogP contribution in [0, 0.1) is 34.5 Å². The smallest absolute Gasteiger partial charge is 0.0309 e. The van der Waals surface area contributed by atoms with Gasteiger partial charge in [0.15, 0.2) is 0 Å². The molecule has 0 unspecified atom stereocenters. The molecule has 0 atom stereocenters. The van der Waals surface area contributed by atoms with Gasteiger partial charge in [-0.25, -0.2) is 0 Å². The Bertz CT molecular complexity index is 1320. The van der Waals surface area contributed by atoms with Gasteiger partial charge in [-0.15, -0.1) is 0 Å². The highest BCUT2D eigenvalue weighted by Crippen LogP contribution is 2.41. The van der Waals surface area contributed by atoms with Crippen molar-refractivity contribution in [3.63, 3.8) is 0 Å². The first kappa shape index (κ1) is 33.0.